The topological polar surface area (TPSA) is 38.7 Å². The average Bonchev–Trinajstić information content (AvgIpc) is 3.58. The van der Waals surface area contributed by atoms with Crippen LogP contribution in [0.15, 0.2) is 116 Å². The second kappa shape index (κ2) is 8.79. The van der Waals surface area contributed by atoms with Gasteiger partial charge in [0.2, 0.25) is 0 Å². The quantitative estimate of drug-likeness (QED) is 0.244. The van der Waals surface area contributed by atoms with Crippen molar-refractivity contribution in [3.63, 3.8) is 0 Å². The van der Waals surface area contributed by atoms with Crippen molar-refractivity contribution in [2.45, 2.75) is 0 Å². The summed E-state index contributed by atoms with van der Waals surface area (Å²) >= 11 is 3.45. The van der Waals surface area contributed by atoms with E-state index >= 15 is 0 Å². The molecule has 0 saturated heterocycles. The van der Waals surface area contributed by atoms with Crippen LogP contribution in [-0.4, -0.2) is 15.0 Å². The first-order chi connectivity index (χ1) is 17.8. The minimum Gasteiger partial charge on any atom is -0.263 e. The van der Waals surface area contributed by atoms with E-state index in [1.54, 1.807) is 22.7 Å². The molecule has 0 spiro atoms. The average molecular weight is 498 g/mol. The molecule has 0 saturated carbocycles. The molecule has 0 amide bonds. The molecule has 0 fully saturated rings. The molecule has 3 heterocycles. The van der Waals surface area contributed by atoms with Crippen molar-refractivity contribution in [3.8, 4) is 43.4 Å². The molecule has 4 aromatic carbocycles. The van der Waals surface area contributed by atoms with Gasteiger partial charge in [-0.25, -0.2) is 9.97 Å². The highest BCUT2D eigenvalue weighted by Gasteiger charge is 2.09. The summed E-state index contributed by atoms with van der Waals surface area (Å²) in [5.41, 5.74) is 8.84. The third-order valence-electron chi connectivity index (χ3n) is 6.26. The van der Waals surface area contributed by atoms with Crippen LogP contribution in [-0.2, 0) is 0 Å². The molecule has 0 unspecified atom stereocenters. The number of benzene rings is 4. The van der Waals surface area contributed by atoms with Crippen LogP contribution in [0.1, 0.15) is 0 Å². The lowest BCUT2D eigenvalue weighted by Gasteiger charge is -2.07. The fourth-order valence-electron chi connectivity index (χ4n) is 4.36. The highest BCUT2D eigenvalue weighted by atomic mass is 32.1. The van der Waals surface area contributed by atoms with Gasteiger partial charge < -0.3 is 0 Å². The zero-order valence-electron chi connectivity index (χ0n) is 19.1. The molecule has 0 aliphatic heterocycles. The van der Waals surface area contributed by atoms with E-state index < -0.39 is 0 Å². The standard InChI is InChI=1S/C31H19N3S2/c1-3-7-28-26(5-1)33-30(35-28)22-13-9-20(10-14-22)24-17-25(19-32-18-24)21-11-15-23(16-12-21)31-34-27-6-2-4-8-29(27)36-31/h1-19H. The van der Waals surface area contributed by atoms with E-state index in [0.717, 1.165) is 54.4 Å². The first-order valence-electron chi connectivity index (χ1n) is 11.7. The largest absolute Gasteiger partial charge is 0.263 e. The molecular weight excluding hydrogens is 478 g/mol. The summed E-state index contributed by atoms with van der Waals surface area (Å²) < 4.78 is 2.42. The molecule has 0 aliphatic carbocycles. The fourth-order valence-corrected chi connectivity index (χ4v) is 6.30. The maximum Gasteiger partial charge on any atom is 0.124 e. The maximum atomic E-state index is 4.78. The van der Waals surface area contributed by atoms with Gasteiger partial charge in [-0.2, -0.15) is 0 Å². The molecule has 0 bridgehead atoms. The number of rotatable bonds is 4. The molecule has 0 radical (unpaired) electrons. The van der Waals surface area contributed by atoms with Gasteiger partial charge in [0, 0.05) is 34.6 Å². The van der Waals surface area contributed by atoms with E-state index in [2.05, 4.69) is 96.0 Å². The minimum atomic E-state index is 1.04. The second-order valence-corrected chi connectivity index (χ2v) is 10.7. The number of hydrogen-bond acceptors (Lipinski definition) is 5. The van der Waals surface area contributed by atoms with E-state index in [-0.39, 0.29) is 0 Å². The highest BCUT2D eigenvalue weighted by molar-refractivity contribution is 7.22. The molecule has 0 atom stereocenters. The van der Waals surface area contributed by atoms with Gasteiger partial charge in [0.15, 0.2) is 0 Å². The summed E-state index contributed by atoms with van der Waals surface area (Å²) in [6.07, 6.45) is 3.84. The molecular formula is C31H19N3S2. The van der Waals surface area contributed by atoms with Crippen LogP contribution in [0.4, 0.5) is 0 Å². The molecule has 3 nitrogen and oxygen atoms in total. The van der Waals surface area contributed by atoms with Crippen LogP contribution in [0.5, 0.6) is 0 Å². The number of para-hydroxylation sites is 2. The van der Waals surface area contributed by atoms with E-state index in [0.29, 0.717) is 0 Å². The minimum absolute atomic E-state index is 1.04. The summed E-state index contributed by atoms with van der Waals surface area (Å²) in [6, 6.07) is 35.9. The Morgan fingerprint density at radius 1 is 0.417 bits per heavy atom. The zero-order valence-corrected chi connectivity index (χ0v) is 20.8. The van der Waals surface area contributed by atoms with Gasteiger partial charge >= 0.3 is 0 Å². The van der Waals surface area contributed by atoms with Crippen molar-refractivity contribution >= 4 is 43.1 Å². The first-order valence-corrected chi connectivity index (χ1v) is 13.3. The predicted octanol–water partition coefficient (Wildman–Crippen LogP) is 8.97. The van der Waals surface area contributed by atoms with E-state index in [1.165, 1.54) is 9.40 Å². The summed E-state index contributed by atoms with van der Waals surface area (Å²) in [5, 5.41) is 2.09. The number of fused-ring (bicyclic) bond motifs is 2. The van der Waals surface area contributed by atoms with E-state index in [4.69, 9.17) is 9.97 Å². The Bertz CT molecular complexity index is 1630. The molecule has 5 heteroatoms. The Labute approximate surface area is 216 Å². The van der Waals surface area contributed by atoms with Gasteiger partial charge in [0.05, 0.1) is 20.4 Å². The van der Waals surface area contributed by atoms with Crippen molar-refractivity contribution in [1.82, 2.24) is 15.0 Å². The molecule has 7 aromatic rings. The number of hydrogen-bond donors (Lipinski definition) is 0. The summed E-state index contributed by atoms with van der Waals surface area (Å²) in [4.78, 5) is 14.1. The molecule has 0 N–H and O–H groups in total. The van der Waals surface area contributed by atoms with Gasteiger partial charge in [-0.15, -0.1) is 22.7 Å². The first kappa shape index (κ1) is 21.1. The third-order valence-corrected chi connectivity index (χ3v) is 8.43. The predicted molar refractivity (Wildman–Crippen MR) is 152 cm³/mol. The molecule has 3 aromatic heterocycles. The second-order valence-electron chi connectivity index (χ2n) is 8.59. The third kappa shape index (κ3) is 3.88. The van der Waals surface area contributed by atoms with Gasteiger partial charge in [-0.05, 0) is 41.5 Å². The number of pyridine rings is 1. The van der Waals surface area contributed by atoms with Crippen LogP contribution in [0.2, 0.25) is 0 Å². The van der Waals surface area contributed by atoms with E-state index in [1.807, 2.05) is 24.5 Å². The molecule has 170 valence electrons. The molecule has 36 heavy (non-hydrogen) atoms. The van der Waals surface area contributed by atoms with Crippen LogP contribution in [0, 0.1) is 0 Å². The Morgan fingerprint density at radius 3 is 1.28 bits per heavy atom. The van der Waals surface area contributed by atoms with Gasteiger partial charge in [-0.3, -0.25) is 4.98 Å². The van der Waals surface area contributed by atoms with Crippen molar-refractivity contribution in [3.05, 3.63) is 116 Å². The van der Waals surface area contributed by atoms with Crippen LogP contribution < -0.4 is 0 Å². The highest BCUT2D eigenvalue weighted by Crippen LogP contribution is 2.34. The van der Waals surface area contributed by atoms with Crippen LogP contribution in [0.3, 0.4) is 0 Å². The number of aromatic nitrogens is 3. The molecule has 0 aliphatic rings. The SMILES string of the molecule is c1ccc2sc(-c3ccc(-c4cncc(-c5ccc(-c6nc7ccccc7s6)cc5)c4)cc3)nc2c1. The van der Waals surface area contributed by atoms with E-state index in [9.17, 15) is 0 Å². The lowest BCUT2D eigenvalue weighted by molar-refractivity contribution is 1.33. The van der Waals surface area contributed by atoms with Gasteiger partial charge in [0.1, 0.15) is 10.0 Å². The molecule has 7 rings (SSSR count). The van der Waals surface area contributed by atoms with Gasteiger partial charge in [0.25, 0.3) is 0 Å². The fraction of sp³-hybridized carbons (Fsp3) is 0. The van der Waals surface area contributed by atoms with Crippen molar-refractivity contribution < 1.29 is 0 Å². The van der Waals surface area contributed by atoms with Crippen molar-refractivity contribution in [2.75, 3.05) is 0 Å². The Balaban J connectivity index is 1.16. The lowest BCUT2D eigenvalue weighted by Crippen LogP contribution is -1.85. The number of nitrogens with zero attached hydrogens (tertiary/aromatic N) is 3. The smallest absolute Gasteiger partial charge is 0.124 e. The summed E-state index contributed by atoms with van der Waals surface area (Å²) in [5.74, 6) is 0. The zero-order chi connectivity index (χ0) is 23.9. The van der Waals surface area contributed by atoms with Crippen molar-refractivity contribution in [2.24, 2.45) is 0 Å². The van der Waals surface area contributed by atoms with Crippen molar-refractivity contribution in [1.29, 1.82) is 0 Å². The monoisotopic (exact) mass is 497 g/mol. The number of thiazole rings is 2. The van der Waals surface area contributed by atoms with Crippen LogP contribution >= 0.6 is 22.7 Å². The maximum absolute atomic E-state index is 4.78. The lowest BCUT2D eigenvalue weighted by atomic mass is 10.0. The summed E-state index contributed by atoms with van der Waals surface area (Å²) in [6.45, 7) is 0. The summed E-state index contributed by atoms with van der Waals surface area (Å²) in [7, 11) is 0. The Morgan fingerprint density at radius 2 is 0.833 bits per heavy atom. The Hall–Kier alpha value is -4.19. The normalized spacial score (nSPS) is 11.3. The van der Waals surface area contributed by atoms with Crippen LogP contribution in [0.25, 0.3) is 63.8 Å². The van der Waals surface area contributed by atoms with Gasteiger partial charge in [-0.1, -0.05) is 72.8 Å². The Kier molecular flexibility index (Phi) is 5.16.